The van der Waals surface area contributed by atoms with Crippen molar-refractivity contribution in [1.82, 2.24) is 9.55 Å². The molecule has 0 spiro atoms. The number of nitrogens with zero attached hydrogens (tertiary/aromatic N) is 2. The first-order valence-corrected chi connectivity index (χ1v) is 9.68. The normalized spacial score (nSPS) is 11.6. The number of hydrogen-bond donors (Lipinski definition) is 0. The Morgan fingerprint density at radius 1 is 1.09 bits per heavy atom. The molecular formula is C17H15BrN2O2S. The van der Waals surface area contributed by atoms with Crippen molar-refractivity contribution in [2.45, 2.75) is 11.4 Å². The van der Waals surface area contributed by atoms with Gasteiger partial charge in [0.25, 0.3) is 0 Å². The molecule has 0 aliphatic heterocycles. The maximum Gasteiger partial charge on any atom is 0.175 e. The molecule has 0 aliphatic rings. The van der Waals surface area contributed by atoms with Crippen molar-refractivity contribution in [3.05, 3.63) is 71.0 Å². The van der Waals surface area contributed by atoms with Gasteiger partial charge < -0.3 is 4.57 Å². The molecule has 1 heterocycles. The molecule has 4 nitrogen and oxygen atoms in total. The Balaban J connectivity index is 2.00. The van der Waals surface area contributed by atoms with Crippen molar-refractivity contribution < 1.29 is 8.42 Å². The van der Waals surface area contributed by atoms with Crippen LogP contribution in [0.25, 0.3) is 11.4 Å². The molecule has 0 amide bonds. The van der Waals surface area contributed by atoms with Gasteiger partial charge in [0.2, 0.25) is 0 Å². The summed E-state index contributed by atoms with van der Waals surface area (Å²) in [7, 11) is -3.26. The summed E-state index contributed by atoms with van der Waals surface area (Å²) < 4.78 is 26.8. The van der Waals surface area contributed by atoms with Gasteiger partial charge in [-0.1, -0.05) is 46.3 Å². The zero-order chi connectivity index (χ0) is 16.4. The summed E-state index contributed by atoms with van der Waals surface area (Å²) in [6, 6.07) is 14.9. The third-order valence-electron chi connectivity index (χ3n) is 3.53. The van der Waals surface area contributed by atoms with Crippen LogP contribution in [0.4, 0.5) is 0 Å². The van der Waals surface area contributed by atoms with Crippen LogP contribution >= 0.6 is 15.9 Å². The highest BCUT2D eigenvalue weighted by molar-refractivity contribution is 9.10. The Morgan fingerprint density at radius 3 is 2.48 bits per heavy atom. The van der Waals surface area contributed by atoms with Gasteiger partial charge in [0, 0.05) is 28.7 Å². The smallest absolute Gasteiger partial charge is 0.175 e. The highest BCUT2D eigenvalue weighted by Gasteiger charge is 2.14. The van der Waals surface area contributed by atoms with E-state index in [0.29, 0.717) is 11.4 Å². The molecule has 0 saturated carbocycles. The first kappa shape index (κ1) is 16.0. The van der Waals surface area contributed by atoms with E-state index in [1.165, 1.54) is 6.26 Å². The Hall–Kier alpha value is -1.92. The molecular weight excluding hydrogens is 376 g/mol. The standard InChI is InChI=1S/C17H15BrN2O2S/c1-23(21,22)16-5-3-2-4-14(16)12-20-11-10-19-17(20)13-6-8-15(18)9-7-13/h2-11H,12H2,1H3. The van der Waals surface area contributed by atoms with Crippen molar-refractivity contribution >= 4 is 25.8 Å². The van der Waals surface area contributed by atoms with Gasteiger partial charge in [0.15, 0.2) is 9.84 Å². The van der Waals surface area contributed by atoms with Crippen LogP contribution in [0.5, 0.6) is 0 Å². The topological polar surface area (TPSA) is 52.0 Å². The zero-order valence-electron chi connectivity index (χ0n) is 12.5. The molecule has 0 radical (unpaired) electrons. The molecule has 0 atom stereocenters. The second kappa shape index (κ2) is 6.29. The van der Waals surface area contributed by atoms with Crippen molar-refractivity contribution in [2.24, 2.45) is 0 Å². The molecule has 0 bridgehead atoms. The summed E-state index contributed by atoms with van der Waals surface area (Å²) in [5, 5.41) is 0. The molecule has 1 aromatic heterocycles. The third kappa shape index (κ3) is 3.54. The zero-order valence-corrected chi connectivity index (χ0v) is 14.9. The second-order valence-corrected chi connectivity index (χ2v) is 8.17. The molecule has 3 rings (SSSR count). The predicted octanol–water partition coefficient (Wildman–Crippen LogP) is 3.76. The van der Waals surface area contributed by atoms with Crippen LogP contribution in [-0.4, -0.2) is 24.2 Å². The maximum atomic E-state index is 11.9. The van der Waals surface area contributed by atoms with E-state index in [4.69, 9.17) is 0 Å². The van der Waals surface area contributed by atoms with Crippen LogP contribution in [0.1, 0.15) is 5.56 Å². The fourth-order valence-electron chi connectivity index (χ4n) is 2.48. The summed E-state index contributed by atoms with van der Waals surface area (Å²) in [6.45, 7) is 0.453. The van der Waals surface area contributed by atoms with E-state index in [1.807, 2.05) is 47.2 Å². The maximum absolute atomic E-state index is 11.9. The lowest BCUT2D eigenvalue weighted by molar-refractivity contribution is 0.600. The van der Waals surface area contributed by atoms with Crippen molar-refractivity contribution in [3.63, 3.8) is 0 Å². The van der Waals surface area contributed by atoms with Crippen LogP contribution in [0.3, 0.4) is 0 Å². The van der Waals surface area contributed by atoms with Gasteiger partial charge in [-0.3, -0.25) is 0 Å². The summed E-state index contributed by atoms with van der Waals surface area (Å²) >= 11 is 3.42. The average Bonchev–Trinajstić information content (AvgIpc) is 2.96. The summed E-state index contributed by atoms with van der Waals surface area (Å²) in [5.41, 5.74) is 1.74. The van der Waals surface area contributed by atoms with Crippen molar-refractivity contribution in [1.29, 1.82) is 0 Å². The fourth-order valence-corrected chi connectivity index (χ4v) is 3.67. The third-order valence-corrected chi connectivity index (χ3v) is 5.26. The Labute approximate surface area is 143 Å². The van der Waals surface area contributed by atoms with Crippen molar-refractivity contribution in [2.75, 3.05) is 6.26 Å². The van der Waals surface area contributed by atoms with Crippen molar-refractivity contribution in [3.8, 4) is 11.4 Å². The minimum absolute atomic E-state index is 0.357. The van der Waals surface area contributed by atoms with E-state index >= 15 is 0 Å². The van der Waals surface area contributed by atoms with Gasteiger partial charge in [-0.2, -0.15) is 0 Å². The van der Waals surface area contributed by atoms with Crippen LogP contribution in [-0.2, 0) is 16.4 Å². The number of imidazole rings is 1. The van der Waals surface area contributed by atoms with Gasteiger partial charge in [0.1, 0.15) is 5.82 Å². The largest absolute Gasteiger partial charge is 0.327 e. The number of rotatable bonds is 4. The highest BCUT2D eigenvalue weighted by atomic mass is 79.9. The summed E-state index contributed by atoms with van der Waals surface area (Å²) in [5.74, 6) is 0.806. The lowest BCUT2D eigenvalue weighted by Gasteiger charge is -2.11. The minimum atomic E-state index is -3.26. The molecule has 0 N–H and O–H groups in total. The van der Waals surface area contributed by atoms with Crippen LogP contribution in [0, 0.1) is 0 Å². The Bertz CT molecular complexity index is 931. The average molecular weight is 391 g/mol. The van der Waals surface area contributed by atoms with Gasteiger partial charge in [0.05, 0.1) is 11.4 Å². The molecule has 23 heavy (non-hydrogen) atoms. The van der Waals surface area contributed by atoms with E-state index in [0.717, 1.165) is 21.4 Å². The molecule has 0 saturated heterocycles. The van der Waals surface area contributed by atoms with E-state index in [2.05, 4.69) is 20.9 Å². The number of hydrogen-bond acceptors (Lipinski definition) is 3. The van der Waals surface area contributed by atoms with E-state index in [-0.39, 0.29) is 0 Å². The fraction of sp³-hybridized carbons (Fsp3) is 0.118. The molecule has 0 aliphatic carbocycles. The van der Waals surface area contributed by atoms with Gasteiger partial charge >= 0.3 is 0 Å². The Kier molecular flexibility index (Phi) is 4.37. The number of halogens is 1. The van der Waals surface area contributed by atoms with Gasteiger partial charge in [-0.25, -0.2) is 13.4 Å². The molecule has 6 heteroatoms. The minimum Gasteiger partial charge on any atom is -0.327 e. The monoisotopic (exact) mass is 390 g/mol. The molecule has 118 valence electrons. The molecule has 2 aromatic carbocycles. The lowest BCUT2D eigenvalue weighted by atomic mass is 10.2. The first-order valence-electron chi connectivity index (χ1n) is 7.00. The second-order valence-electron chi connectivity index (χ2n) is 5.27. The van der Waals surface area contributed by atoms with Crippen LogP contribution < -0.4 is 0 Å². The number of benzene rings is 2. The molecule has 3 aromatic rings. The predicted molar refractivity (Wildman–Crippen MR) is 94.0 cm³/mol. The van der Waals surface area contributed by atoms with Crippen LogP contribution in [0.15, 0.2) is 70.3 Å². The molecule has 0 fully saturated rings. The van der Waals surface area contributed by atoms with Crippen LogP contribution in [0.2, 0.25) is 0 Å². The SMILES string of the molecule is CS(=O)(=O)c1ccccc1Cn1ccnc1-c1ccc(Br)cc1. The Morgan fingerprint density at radius 2 is 1.78 bits per heavy atom. The quantitative estimate of drug-likeness (QED) is 0.681. The van der Waals surface area contributed by atoms with Gasteiger partial charge in [-0.15, -0.1) is 0 Å². The molecule has 0 unspecified atom stereocenters. The summed E-state index contributed by atoms with van der Waals surface area (Å²) in [6.07, 6.45) is 4.81. The summed E-state index contributed by atoms with van der Waals surface area (Å²) in [4.78, 5) is 4.76. The van der Waals surface area contributed by atoms with E-state index in [1.54, 1.807) is 18.3 Å². The number of aromatic nitrogens is 2. The number of sulfone groups is 1. The highest BCUT2D eigenvalue weighted by Crippen LogP contribution is 2.23. The lowest BCUT2D eigenvalue weighted by Crippen LogP contribution is -2.07. The van der Waals surface area contributed by atoms with E-state index < -0.39 is 9.84 Å². The first-order chi connectivity index (χ1) is 10.9. The van der Waals surface area contributed by atoms with Gasteiger partial charge in [-0.05, 0) is 23.8 Å². The van der Waals surface area contributed by atoms with E-state index in [9.17, 15) is 8.42 Å².